The van der Waals surface area contributed by atoms with Crippen LogP contribution in [0.2, 0.25) is 0 Å². The molecule has 1 aromatic rings. The summed E-state index contributed by atoms with van der Waals surface area (Å²) in [4.78, 5) is 16.1. The van der Waals surface area contributed by atoms with Crippen molar-refractivity contribution in [3.05, 3.63) is 29.6 Å². The Labute approximate surface area is 107 Å². The fourth-order valence-corrected chi connectivity index (χ4v) is 1.93. The van der Waals surface area contributed by atoms with E-state index in [-0.39, 0.29) is 11.4 Å². The molecule has 0 atom stereocenters. The maximum Gasteiger partial charge on any atom is 0.270 e. The molecule has 1 saturated carbocycles. The van der Waals surface area contributed by atoms with Gasteiger partial charge in [-0.2, -0.15) is 0 Å². The van der Waals surface area contributed by atoms with Crippen molar-refractivity contribution in [2.24, 2.45) is 5.73 Å². The van der Waals surface area contributed by atoms with E-state index in [2.05, 4.69) is 29.1 Å². The third-order valence-corrected chi connectivity index (χ3v) is 3.20. The Hall–Kier alpha value is -1.86. The Balaban J connectivity index is 2.02. The second-order valence-electron chi connectivity index (χ2n) is 4.81. The van der Waals surface area contributed by atoms with E-state index in [4.69, 9.17) is 5.73 Å². The molecule has 3 N–H and O–H groups in total. The molecule has 1 aliphatic carbocycles. The standard InChI is InChI=1S/C14H17N3O/c1-14(7-3-8-14)17-13(18)12-6-5-11(10-16-12)4-2-9-15/h5-6,10H,3,7-9,15H2,1H3,(H,17,18). The molecule has 0 spiro atoms. The maximum atomic E-state index is 11.9. The third kappa shape index (κ3) is 2.88. The number of pyridine rings is 1. The number of aromatic nitrogens is 1. The first-order valence-electron chi connectivity index (χ1n) is 6.10. The number of rotatable bonds is 2. The fourth-order valence-electron chi connectivity index (χ4n) is 1.93. The second-order valence-corrected chi connectivity index (χ2v) is 4.81. The van der Waals surface area contributed by atoms with Crippen LogP contribution in [-0.4, -0.2) is 23.0 Å². The highest BCUT2D eigenvalue weighted by atomic mass is 16.2. The van der Waals surface area contributed by atoms with E-state index in [1.807, 2.05) is 0 Å². The monoisotopic (exact) mass is 243 g/mol. The molecule has 4 heteroatoms. The van der Waals surface area contributed by atoms with Crippen molar-refractivity contribution < 1.29 is 4.79 Å². The van der Waals surface area contributed by atoms with Gasteiger partial charge in [0.25, 0.3) is 5.91 Å². The molecular weight excluding hydrogens is 226 g/mol. The molecule has 4 nitrogen and oxygen atoms in total. The molecule has 0 aromatic carbocycles. The number of hydrogen-bond donors (Lipinski definition) is 2. The summed E-state index contributed by atoms with van der Waals surface area (Å²) >= 11 is 0. The van der Waals surface area contributed by atoms with Crippen molar-refractivity contribution in [2.75, 3.05) is 6.54 Å². The van der Waals surface area contributed by atoms with E-state index < -0.39 is 0 Å². The summed E-state index contributed by atoms with van der Waals surface area (Å²) in [5.41, 5.74) is 6.44. The molecule has 1 fully saturated rings. The number of nitrogens with zero attached hydrogens (tertiary/aromatic N) is 1. The molecule has 1 heterocycles. The minimum absolute atomic E-state index is 0.0449. The van der Waals surface area contributed by atoms with Crippen LogP contribution in [-0.2, 0) is 0 Å². The normalized spacial score (nSPS) is 16.1. The molecule has 2 rings (SSSR count). The minimum Gasteiger partial charge on any atom is -0.346 e. The largest absolute Gasteiger partial charge is 0.346 e. The zero-order valence-corrected chi connectivity index (χ0v) is 10.5. The van der Waals surface area contributed by atoms with E-state index in [1.54, 1.807) is 18.3 Å². The van der Waals surface area contributed by atoms with Gasteiger partial charge in [0.15, 0.2) is 0 Å². The average molecular weight is 243 g/mol. The van der Waals surface area contributed by atoms with Crippen LogP contribution in [0.5, 0.6) is 0 Å². The minimum atomic E-state index is -0.115. The van der Waals surface area contributed by atoms with E-state index >= 15 is 0 Å². The Morgan fingerprint density at radius 2 is 2.33 bits per heavy atom. The first-order valence-corrected chi connectivity index (χ1v) is 6.10. The van der Waals surface area contributed by atoms with Gasteiger partial charge in [0.1, 0.15) is 5.69 Å². The molecule has 0 bridgehead atoms. The lowest BCUT2D eigenvalue weighted by Crippen LogP contribution is -2.51. The first-order chi connectivity index (χ1) is 8.63. The molecule has 1 aliphatic rings. The second kappa shape index (κ2) is 5.19. The van der Waals surface area contributed by atoms with Gasteiger partial charge in [-0.05, 0) is 38.3 Å². The summed E-state index contributed by atoms with van der Waals surface area (Å²) in [6.45, 7) is 2.39. The summed E-state index contributed by atoms with van der Waals surface area (Å²) in [6.07, 6.45) is 4.86. The van der Waals surface area contributed by atoms with Gasteiger partial charge in [0.05, 0.1) is 6.54 Å². The molecule has 0 unspecified atom stereocenters. The Morgan fingerprint density at radius 1 is 1.56 bits per heavy atom. The Morgan fingerprint density at radius 3 is 2.83 bits per heavy atom. The summed E-state index contributed by atoms with van der Waals surface area (Å²) in [5, 5.41) is 3.01. The van der Waals surface area contributed by atoms with Gasteiger partial charge in [-0.25, -0.2) is 4.98 Å². The summed E-state index contributed by atoms with van der Waals surface area (Å²) in [6, 6.07) is 3.48. The van der Waals surface area contributed by atoms with E-state index in [0.29, 0.717) is 12.2 Å². The number of carbonyl (C=O) groups is 1. The van der Waals surface area contributed by atoms with Crippen molar-refractivity contribution >= 4 is 5.91 Å². The number of nitrogens with two attached hydrogens (primary N) is 1. The van der Waals surface area contributed by atoms with Gasteiger partial charge in [0.2, 0.25) is 0 Å². The number of carbonyl (C=O) groups excluding carboxylic acids is 1. The number of hydrogen-bond acceptors (Lipinski definition) is 3. The highest BCUT2D eigenvalue weighted by Crippen LogP contribution is 2.31. The molecule has 18 heavy (non-hydrogen) atoms. The molecule has 0 radical (unpaired) electrons. The van der Waals surface area contributed by atoms with Gasteiger partial charge in [0, 0.05) is 17.3 Å². The van der Waals surface area contributed by atoms with Crippen LogP contribution in [0.3, 0.4) is 0 Å². The summed E-state index contributed by atoms with van der Waals surface area (Å²) in [7, 11) is 0. The highest BCUT2D eigenvalue weighted by molar-refractivity contribution is 5.92. The SMILES string of the molecule is CC1(NC(=O)c2ccc(C#CCN)cn2)CCC1. The lowest BCUT2D eigenvalue weighted by molar-refractivity contribution is 0.0845. The molecule has 0 aliphatic heterocycles. The van der Waals surface area contributed by atoms with Crippen LogP contribution in [0.25, 0.3) is 0 Å². The lowest BCUT2D eigenvalue weighted by Gasteiger charge is -2.38. The predicted octanol–water partition coefficient (Wildman–Crippen LogP) is 1.06. The molecule has 1 amide bonds. The quantitative estimate of drug-likeness (QED) is 0.763. The van der Waals surface area contributed by atoms with Gasteiger partial charge >= 0.3 is 0 Å². The van der Waals surface area contributed by atoms with Crippen LogP contribution in [0, 0.1) is 11.8 Å². The van der Waals surface area contributed by atoms with Crippen LogP contribution in [0.4, 0.5) is 0 Å². The van der Waals surface area contributed by atoms with Crippen molar-refractivity contribution in [2.45, 2.75) is 31.7 Å². The van der Waals surface area contributed by atoms with Crippen LogP contribution < -0.4 is 11.1 Å². The molecule has 0 saturated heterocycles. The zero-order valence-electron chi connectivity index (χ0n) is 10.5. The first kappa shape index (κ1) is 12.6. The average Bonchev–Trinajstić information content (AvgIpc) is 2.35. The summed E-state index contributed by atoms with van der Waals surface area (Å²) in [5.74, 6) is 5.50. The maximum absolute atomic E-state index is 11.9. The third-order valence-electron chi connectivity index (χ3n) is 3.20. The zero-order chi connectivity index (χ0) is 13.0. The molecule has 94 valence electrons. The Kier molecular flexibility index (Phi) is 3.63. The van der Waals surface area contributed by atoms with E-state index in [0.717, 1.165) is 18.4 Å². The highest BCUT2D eigenvalue weighted by Gasteiger charge is 2.33. The van der Waals surface area contributed by atoms with Crippen LogP contribution in [0.15, 0.2) is 18.3 Å². The van der Waals surface area contributed by atoms with Crippen molar-refractivity contribution in [3.8, 4) is 11.8 Å². The lowest BCUT2D eigenvalue weighted by atomic mass is 9.78. The van der Waals surface area contributed by atoms with Gasteiger partial charge < -0.3 is 11.1 Å². The van der Waals surface area contributed by atoms with Crippen molar-refractivity contribution in [1.82, 2.24) is 10.3 Å². The predicted molar refractivity (Wildman–Crippen MR) is 69.9 cm³/mol. The molecule has 1 aromatic heterocycles. The van der Waals surface area contributed by atoms with Crippen LogP contribution in [0.1, 0.15) is 42.2 Å². The van der Waals surface area contributed by atoms with Crippen molar-refractivity contribution in [1.29, 1.82) is 0 Å². The van der Waals surface area contributed by atoms with E-state index in [9.17, 15) is 4.79 Å². The van der Waals surface area contributed by atoms with Gasteiger partial charge in [-0.15, -0.1) is 0 Å². The fraction of sp³-hybridized carbons (Fsp3) is 0.429. The number of nitrogens with one attached hydrogen (secondary N) is 1. The van der Waals surface area contributed by atoms with Gasteiger partial charge in [-0.1, -0.05) is 11.8 Å². The van der Waals surface area contributed by atoms with E-state index in [1.165, 1.54) is 6.42 Å². The Bertz CT molecular complexity index is 492. The molecular formula is C14H17N3O. The van der Waals surface area contributed by atoms with Gasteiger partial charge in [-0.3, -0.25) is 4.79 Å². The van der Waals surface area contributed by atoms with Crippen molar-refractivity contribution in [3.63, 3.8) is 0 Å². The summed E-state index contributed by atoms with van der Waals surface area (Å²) < 4.78 is 0. The van der Waals surface area contributed by atoms with Crippen LogP contribution >= 0.6 is 0 Å². The number of amides is 1. The topological polar surface area (TPSA) is 68.0 Å². The smallest absolute Gasteiger partial charge is 0.270 e.